The minimum Gasteiger partial charge on any atom is -0.330 e. The van der Waals surface area contributed by atoms with Crippen molar-refractivity contribution < 1.29 is 0 Å². The maximum atomic E-state index is 5.65. The molecule has 2 heteroatoms. The van der Waals surface area contributed by atoms with Crippen molar-refractivity contribution in [1.82, 2.24) is 4.90 Å². The van der Waals surface area contributed by atoms with Crippen molar-refractivity contribution in [3.05, 3.63) is 0 Å². The van der Waals surface area contributed by atoms with E-state index in [1.54, 1.807) is 0 Å². The standard InChI is InChI=1S/C15H32N2/c1-3-14(10-11-16)8-7-13-17-12-6-5-9-15(17)4-2/h14-15H,3-13,16H2,1-2H3. The van der Waals surface area contributed by atoms with E-state index in [1.807, 2.05) is 0 Å². The van der Waals surface area contributed by atoms with Gasteiger partial charge < -0.3 is 10.6 Å². The summed E-state index contributed by atoms with van der Waals surface area (Å²) in [5.74, 6) is 0.866. The fraction of sp³-hybridized carbons (Fsp3) is 1.00. The predicted octanol–water partition coefficient (Wildman–Crippen LogP) is 3.41. The first-order valence-electron chi connectivity index (χ1n) is 7.75. The quantitative estimate of drug-likeness (QED) is 0.704. The molecule has 0 aromatic rings. The molecule has 1 fully saturated rings. The van der Waals surface area contributed by atoms with Gasteiger partial charge in [-0.05, 0) is 64.1 Å². The van der Waals surface area contributed by atoms with Crippen LogP contribution in [0.3, 0.4) is 0 Å². The second-order valence-corrected chi connectivity index (χ2v) is 5.59. The average Bonchev–Trinajstić information content (AvgIpc) is 2.38. The molecule has 1 saturated heterocycles. The lowest BCUT2D eigenvalue weighted by Crippen LogP contribution is -2.39. The number of piperidine rings is 1. The largest absolute Gasteiger partial charge is 0.330 e. The van der Waals surface area contributed by atoms with E-state index in [4.69, 9.17) is 5.73 Å². The molecule has 17 heavy (non-hydrogen) atoms. The second-order valence-electron chi connectivity index (χ2n) is 5.59. The highest BCUT2D eigenvalue weighted by Gasteiger charge is 2.20. The number of hydrogen-bond donors (Lipinski definition) is 1. The van der Waals surface area contributed by atoms with Crippen molar-refractivity contribution in [3.8, 4) is 0 Å². The van der Waals surface area contributed by atoms with Gasteiger partial charge in [0.15, 0.2) is 0 Å². The molecule has 102 valence electrons. The van der Waals surface area contributed by atoms with E-state index < -0.39 is 0 Å². The van der Waals surface area contributed by atoms with Crippen molar-refractivity contribution >= 4 is 0 Å². The molecule has 0 saturated carbocycles. The number of nitrogens with zero attached hydrogens (tertiary/aromatic N) is 1. The van der Waals surface area contributed by atoms with Gasteiger partial charge in [-0.2, -0.15) is 0 Å². The van der Waals surface area contributed by atoms with E-state index in [2.05, 4.69) is 18.7 Å². The Morgan fingerprint density at radius 2 is 2.06 bits per heavy atom. The number of rotatable bonds is 8. The van der Waals surface area contributed by atoms with E-state index in [1.165, 1.54) is 64.5 Å². The third kappa shape index (κ3) is 5.39. The Kier molecular flexibility index (Phi) is 7.87. The molecule has 0 radical (unpaired) electrons. The molecule has 1 aliphatic rings. The summed E-state index contributed by atoms with van der Waals surface area (Å²) in [5.41, 5.74) is 5.65. The lowest BCUT2D eigenvalue weighted by atomic mass is 9.95. The second kappa shape index (κ2) is 8.93. The minimum absolute atomic E-state index is 0.861. The number of hydrogen-bond acceptors (Lipinski definition) is 2. The Balaban J connectivity index is 2.19. The van der Waals surface area contributed by atoms with E-state index in [-0.39, 0.29) is 0 Å². The fourth-order valence-electron chi connectivity index (χ4n) is 3.19. The lowest BCUT2D eigenvalue weighted by Gasteiger charge is -2.35. The highest BCUT2D eigenvalue weighted by atomic mass is 15.2. The van der Waals surface area contributed by atoms with Gasteiger partial charge in [0.1, 0.15) is 0 Å². The monoisotopic (exact) mass is 240 g/mol. The number of likely N-dealkylation sites (tertiary alicyclic amines) is 1. The molecule has 1 aliphatic heterocycles. The zero-order chi connectivity index (χ0) is 12.5. The molecule has 0 aromatic heterocycles. The third-order valence-corrected chi connectivity index (χ3v) is 4.43. The van der Waals surface area contributed by atoms with Gasteiger partial charge in [-0.25, -0.2) is 0 Å². The summed E-state index contributed by atoms with van der Waals surface area (Å²) in [7, 11) is 0. The Bertz CT molecular complexity index is 182. The Morgan fingerprint density at radius 1 is 1.24 bits per heavy atom. The molecule has 0 aliphatic carbocycles. The predicted molar refractivity (Wildman–Crippen MR) is 76.2 cm³/mol. The molecule has 2 atom stereocenters. The summed E-state index contributed by atoms with van der Waals surface area (Å²) in [4.78, 5) is 2.73. The van der Waals surface area contributed by atoms with Crippen molar-refractivity contribution in [3.63, 3.8) is 0 Å². The van der Waals surface area contributed by atoms with Crippen LogP contribution in [-0.2, 0) is 0 Å². The average molecular weight is 240 g/mol. The molecule has 0 bridgehead atoms. The van der Waals surface area contributed by atoms with E-state index in [9.17, 15) is 0 Å². The van der Waals surface area contributed by atoms with E-state index in [0.717, 1.165) is 18.5 Å². The first-order valence-corrected chi connectivity index (χ1v) is 7.75. The van der Waals surface area contributed by atoms with Crippen LogP contribution in [0.5, 0.6) is 0 Å². The van der Waals surface area contributed by atoms with E-state index >= 15 is 0 Å². The summed E-state index contributed by atoms with van der Waals surface area (Å²) >= 11 is 0. The van der Waals surface area contributed by atoms with Gasteiger partial charge in [-0.3, -0.25) is 0 Å². The van der Waals surface area contributed by atoms with Crippen LogP contribution in [0.15, 0.2) is 0 Å². The van der Waals surface area contributed by atoms with Gasteiger partial charge in [0.05, 0.1) is 0 Å². The molecule has 2 nitrogen and oxygen atoms in total. The van der Waals surface area contributed by atoms with Gasteiger partial charge in [0.25, 0.3) is 0 Å². The van der Waals surface area contributed by atoms with Crippen molar-refractivity contribution in [2.75, 3.05) is 19.6 Å². The SMILES string of the molecule is CCC(CCN)CCCN1CCCCC1CC. The number of nitrogens with two attached hydrogens (primary N) is 1. The lowest BCUT2D eigenvalue weighted by molar-refractivity contribution is 0.139. The van der Waals surface area contributed by atoms with Gasteiger partial charge in [-0.15, -0.1) is 0 Å². The van der Waals surface area contributed by atoms with Crippen LogP contribution < -0.4 is 5.73 Å². The van der Waals surface area contributed by atoms with Gasteiger partial charge in [0.2, 0.25) is 0 Å². The highest BCUT2D eigenvalue weighted by molar-refractivity contribution is 4.75. The van der Waals surface area contributed by atoms with Crippen molar-refractivity contribution in [2.45, 2.75) is 71.3 Å². The van der Waals surface area contributed by atoms with E-state index in [0.29, 0.717) is 0 Å². The van der Waals surface area contributed by atoms with Gasteiger partial charge in [0, 0.05) is 6.04 Å². The van der Waals surface area contributed by atoms with Crippen molar-refractivity contribution in [2.24, 2.45) is 11.7 Å². The van der Waals surface area contributed by atoms with Crippen LogP contribution in [0, 0.1) is 5.92 Å². The van der Waals surface area contributed by atoms with Crippen molar-refractivity contribution in [1.29, 1.82) is 0 Å². The summed E-state index contributed by atoms with van der Waals surface area (Å²) in [6.45, 7) is 8.16. The maximum Gasteiger partial charge on any atom is 0.00926 e. The summed E-state index contributed by atoms with van der Waals surface area (Å²) in [6.07, 6.45) is 10.9. The summed E-state index contributed by atoms with van der Waals surface area (Å²) in [6, 6.07) is 0.873. The minimum atomic E-state index is 0.861. The topological polar surface area (TPSA) is 29.3 Å². The first kappa shape index (κ1) is 15.0. The van der Waals surface area contributed by atoms with Crippen LogP contribution in [-0.4, -0.2) is 30.6 Å². The Labute approximate surface area is 108 Å². The molecule has 2 unspecified atom stereocenters. The molecule has 0 aromatic carbocycles. The fourth-order valence-corrected chi connectivity index (χ4v) is 3.19. The van der Waals surface area contributed by atoms with Crippen LogP contribution in [0.2, 0.25) is 0 Å². The summed E-state index contributed by atoms with van der Waals surface area (Å²) in [5, 5.41) is 0. The smallest absolute Gasteiger partial charge is 0.00926 e. The normalized spacial score (nSPS) is 23.8. The molecule has 1 heterocycles. The van der Waals surface area contributed by atoms with Crippen LogP contribution >= 0.6 is 0 Å². The van der Waals surface area contributed by atoms with Gasteiger partial charge >= 0.3 is 0 Å². The zero-order valence-electron chi connectivity index (χ0n) is 12.0. The van der Waals surface area contributed by atoms with Crippen LogP contribution in [0.1, 0.15) is 65.2 Å². The maximum absolute atomic E-state index is 5.65. The zero-order valence-corrected chi connectivity index (χ0v) is 12.0. The first-order chi connectivity index (χ1) is 8.31. The molecular weight excluding hydrogens is 208 g/mol. The van der Waals surface area contributed by atoms with Crippen LogP contribution in [0.25, 0.3) is 0 Å². The Hall–Kier alpha value is -0.0800. The molecule has 1 rings (SSSR count). The summed E-state index contributed by atoms with van der Waals surface area (Å²) < 4.78 is 0. The molecule has 0 spiro atoms. The third-order valence-electron chi connectivity index (χ3n) is 4.43. The van der Waals surface area contributed by atoms with Crippen LogP contribution in [0.4, 0.5) is 0 Å². The molecule has 0 amide bonds. The Morgan fingerprint density at radius 3 is 2.71 bits per heavy atom. The highest BCUT2D eigenvalue weighted by Crippen LogP contribution is 2.21. The molecule has 2 N–H and O–H groups in total. The molecular formula is C15H32N2. The van der Waals surface area contributed by atoms with Gasteiger partial charge in [-0.1, -0.05) is 26.7 Å².